The number of hydrogen-bond donors (Lipinski definition) is 4. The molecule has 1 aromatic heterocycles. The van der Waals surface area contributed by atoms with Crippen molar-refractivity contribution in [3.8, 4) is 5.75 Å². The minimum absolute atomic E-state index is 0.0300. The second kappa shape index (κ2) is 9.51. The van der Waals surface area contributed by atoms with Crippen LogP contribution in [-0.2, 0) is 19.8 Å². The Kier molecular flexibility index (Phi) is 6.34. The SMILES string of the molecule is COc1cccc2[nH]c(C(=O)N[C@@H](CC(C)C)C(=O)N3C[C@]4(C[C@H]3C(=O)O)C(=O)Nc3ccccc34)cc12. The molecule has 3 heterocycles. The molecule has 1 spiro atoms. The molecule has 1 fully saturated rings. The predicted molar refractivity (Wildman–Crippen MR) is 140 cm³/mol. The van der Waals surface area contributed by atoms with E-state index in [0.717, 1.165) is 5.39 Å². The lowest BCUT2D eigenvalue weighted by molar-refractivity contribution is -0.149. The number of rotatable bonds is 7. The molecule has 3 atom stereocenters. The van der Waals surface area contributed by atoms with Crippen LogP contribution >= 0.6 is 0 Å². The number of carbonyl (C=O) groups is 4. The Morgan fingerprint density at radius 2 is 1.95 bits per heavy atom. The number of carboxylic acids is 1. The molecule has 198 valence electrons. The van der Waals surface area contributed by atoms with Gasteiger partial charge in [0.15, 0.2) is 0 Å². The van der Waals surface area contributed by atoms with Gasteiger partial charge >= 0.3 is 5.97 Å². The van der Waals surface area contributed by atoms with E-state index < -0.39 is 35.3 Å². The number of methoxy groups -OCH3 is 1. The van der Waals surface area contributed by atoms with Crippen molar-refractivity contribution in [1.82, 2.24) is 15.2 Å². The number of hydrogen-bond acceptors (Lipinski definition) is 5. The van der Waals surface area contributed by atoms with E-state index in [-0.39, 0.29) is 30.5 Å². The highest BCUT2D eigenvalue weighted by atomic mass is 16.5. The van der Waals surface area contributed by atoms with Gasteiger partial charge < -0.3 is 30.4 Å². The van der Waals surface area contributed by atoms with Crippen LogP contribution in [0.5, 0.6) is 5.75 Å². The maximum absolute atomic E-state index is 13.9. The van der Waals surface area contributed by atoms with Gasteiger partial charge in [-0.2, -0.15) is 0 Å². The van der Waals surface area contributed by atoms with Gasteiger partial charge in [0.05, 0.1) is 12.5 Å². The first-order valence-electron chi connectivity index (χ1n) is 12.6. The number of benzene rings is 2. The van der Waals surface area contributed by atoms with Crippen molar-refractivity contribution in [1.29, 1.82) is 0 Å². The number of H-pyrrole nitrogens is 1. The summed E-state index contributed by atoms with van der Waals surface area (Å²) in [5.41, 5.74) is 1.11. The number of nitrogens with zero attached hydrogens (tertiary/aromatic N) is 1. The third-order valence-corrected chi connectivity index (χ3v) is 7.45. The van der Waals surface area contributed by atoms with E-state index in [4.69, 9.17) is 4.74 Å². The molecule has 10 nitrogen and oxygen atoms in total. The van der Waals surface area contributed by atoms with Crippen LogP contribution in [0.25, 0.3) is 10.9 Å². The average Bonchev–Trinajstić information content (AvgIpc) is 3.58. The normalized spacial score (nSPS) is 21.0. The molecular formula is C28H30N4O6. The predicted octanol–water partition coefficient (Wildman–Crippen LogP) is 2.90. The lowest BCUT2D eigenvalue weighted by Crippen LogP contribution is -2.52. The van der Waals surface area contributed by atoms with Gasteiger partial charge in [-0.25, -0.2) is 4.79 Å². The molecule has 38 heavy (non-hydrogen) atoms. The quantitative estimate of drug-likeness (QED) is 0.379. The summed E-state index contributed by atoms with van der Waals surface area (Å²) in [6.45, 7) is 3.75. The summed E-state index contributed by atoms with van der Waals surface area (Å²) >= 11 is 0. The Morgan fingerprint density at radius 3 is 2.66 bits per heavy atom. The zero-order valence-electron chi connectivity index (χ0n) is 21.4. The van der Waals surface area contributed by atoms with Gasteiger partial charge in [-0.3, -0.25) is 14.4 Å². The van der Waals surface area contributed by atoms with Gasteiger partial charge in [0, 0.05) is 23.1 Å². The number of amides is 3. The van der Waals surface area contributed by atoms with Crippen LogP contribution in [0.2, 0.25) is 0 Å². The maximum atomic E-state index is 13.9. The molecule has 3 amide bonds. The Hall–Kier alpha value is -4.34. The highest BCUT2D eigenvalue weighted by molar-refractivity contribution is 6.08. The molecule has 1 saturated heterocycles. The van der Waals surface area contributed by atoms with E-state index >= 15 is 0 Å². The van der Waals surface area contributed by atoms with E-state index in [1.165, 1.54) is 4.90 Å². The number of fused-ring (bicyclic) bond motifs is 3. The van der Waals surface area contributed by atoms with Gasteiger partial charge in [-0.1, -0.05) is 38.1 Å². The minimum atomic E-state index is -1.21. The van der Waals surface area contributed by atoms with Crippen LogP contribution in [0.4, 0.5) is 5.69 Å². The van der Waals surface area contributed by atoms with E-state index in [1.807, 2.05) is 19.9 Å². The fraction of sp³-hybridized carbons (Fsp3) is 0.357. The van der Waals surface area contributed by atoms with Gasteiger partial charge in [0.2, 0.25) is 11.8 Å². The van der Waals surface area contributed by atoms with Crippen LogP contribution in [0.1, 0.15) is 42.7 Å². The van der Waals surface area contributed by atoms with Crippen molar-refractivity contribution < 1.29 is 29.0 Å². The second-order valence-corrected chi connectivity index (χ2v) is 10.4. The molecule has 5 rings (SSSR count). The Labute approximate surface area is 219 Å². The van der Waals surface area contributed by atoms with Crippen LogP contribution in [0, 0.1) is 5.92 Å². The Morgan fingerprint density at radius 1 is 1.18 bits per heavy atom. The number of aromatic amines is 1. The number of ether oxygens (including phenoxy) is 1. The minimum Gasteiger partial charge on any atom is -0.496 e. The van der Waals surface area contributed by atoms with Gasteiger partial charge in [-0.05, 0) is 48.6 Å². The number of anilines is 1. The number of likely N-dealkylation sites (tertiary alicyclic amines) is 1. The van der Waals surface area contributed by atoms with Crippen LogP contribution in [0.15, 0.2) is 48.5 Å². The summed E-state index contributed by atoms with van der Waals surface area (Å²) in [5, 5.41) is 16.4. The first kappa shape index (κ1) is 25.3. The zero-order chi connectivity index (χ0) is 27.2. The average molecular weight is 519 g/mol. The molecule has 10 heteroatoms. The van der Waals surface area contributed by atoms with E-state index in [9.17, 15) is 24.3 Å². The summed E-state index contributed by atoms with van der Waals surface area (Å²) < 4.78 is 5.37. The van der Waals surface area contributed by atoms with Crippen molar-refractivity contribution >= 4 is 40.3 Å². The number of aliphatic carboxylic acids is 1. The lowest BCUT2D eigenvalue weighted by Gasteiger charge is -2.29. The Balaban J connectivity index is 1.44. The summed E-state index contributed by atoms with van der Waals surface area (Å²) in [6.07, 6.45) is 0.258. The smallest absolute Gasteiger partial charge is 0.326 e. The molecule has 3 aromatic rings. The Bertz CT molecular complexity index is 1450. The van der Waals surface area contributed by atoms with Gasteiger partial charge in [0.1, 0.15) is 23.5 Å². The highest BCUT2D eigenvalue weighted by Crippen LogP contribution is 2.46. The molecule has 2 aromatic carbocycles. The molecule has 0 unspecified atom stereocenters. The lowest BCUT2D eigenvalue weighted by atomic mass is 9.79. The third-order valence-electron chi connectivity index (χ3n) is 7.45. The first-order chi connectivity index (χ1) is 18.1. The summed E-state index contributed by atoms with van der Waals surface area (Å²) in [4.78, 5) is 56.9. The highest BCUT2D eigenvalue weighted by Gasteiger charge is 2.58. The molecule has 2 aliphatic rings. The topological polar surface area (TPSA) is 141 Å². The zero-order valence-corrected chi connectivity index (χ0v) is 21.4. The second-order valence-electron chi connectivity index (χ2n) is 10.4. The third kappa shape index (κ3) is 4.15. The van der Waals surface area contributed by atoms with Gasteiger partial charge in [0.25, 0.3) is 5.91 Å². The molecule has 2 aliphatic heterocycles. The molecule has 0 saturated carbocycles. The van der Waals surface area contributed by atoms with Crippen LogP contribution in [-0.4, -0.2) is 64.4 Å². The number of para-hydroxylation sites is 1. The number of carbonyl (C=O) groups excluding carboxylic acids is 3. The monoisotopic (exact) mass is 518 g/mol. The van der Waals surface area contributed by atoms with E-state index in [2.05, 4.69) is 15.6 Å². The molecule has 0 aliphatic carbocycles. The maximum Gasteiger partial charge on any atom is 0.326 e. The summed E-state index contributed by atoms with van der Waals surface area (Å²) in [6, 6.07) is 12.0. The van der Waals surface area contributed by atoms with Gasteiger partial charge in [-0.15, -0.1) is 0 Å². The van der Waals surface area contributed by atoms with Crippen LogP contribution in [0.3, 0.4) is 0 Å². The van der Waals surface area contributed by atoms with Crippen molar-refractivity contribution in [2.24, 2.45) is 5.92 Å². The number of aromatic nitrogens is 1. The standard InChI is InChI=1S/C28H30N4O6/c1-15(2)11-21(30-24(33)20-12-16-18(29-20)9-6-10-23(16)38-3)25(34)32-14-28(13-22(32)26(35)36)17-7-4-5-8-19(17)31-27(28)37/h4-10,12,15,21-22,29H,11,13-14H2,1-3H3,(H,30,33)(H,31,37)(H,35,36)/t21-,22-,28-/m0/s1. The molecule has 0 bridgehead atoms. The summed E-state index contributed by atoms with van der Waals surface area (Å²) in [7, 11) is 1.55. The van der Waals surface area contributed by atoms with Crippen molar-refractivity contribution in [2.75, 3.05) is 19.0 Å². The van der Waals surface area contributed by atoms with Crippen molar-refractivity contribution in [2.45, 2.75) is 44.2 Å². The largest absolute Gasteiger partial charge is 0.496 e. The summed E-state index contributed by atoms with van der Waals surface area (Å²) in [5.74, 6) is -1.90. The fourth-order valence-corrected chi connectivity index (χ4v) is 5.65. The molecular weight excluding hydrogens is 488 g/mol. The van der Waals surface area contributed by atoms with Crippen LogP contribution < -0.4 is 15.4 Å². The number of nitrogens with one attached hydrogen (secondary N) is 3. The van der Waals surface area contributed by atoms with E-state index in [1.54, 1.807) is 49.6 Å². The van der Waals surface area contributed by atoms with E-state index in [0.29, 0.717) is 28.9 Å². The van der Waals surface area contributed by atoms with Crippen molar-refractivity contribution in [3.05, 3.63) is 59.8 Å². The molecule has 0 radical (unpaired) electrons. The first-order valence-corrected chi connectivity index (χ1v) is 12.6. The number of carboxylic acid groups (broad SMARTS) is 1. The van der Waals surface area contributed by atoms with Crippen molar-refractivity contribution in [3.63, 3.8) is 0 Å². The fourth-order valence-electron chi connectivity index (χ4n) is 5.65. The molecule has 4 N–H and O–H groups in total.